The number of Topliss-reactive ketones (excluding diaryl/α,β-unsaturated/α-hetero) is 1. The van der Waals surface area contributed by atoms with Crippen LogP contribution >= 0.6 is 0 Å². The summed E-state index contributed by atoms with van der Waals surface area (Å²) in [5.74, 6) is 1.21. The second kappa shape index (κ2) is 3.32. The Morgan fingerprint density at radius 2 is 1.93 bits per heavy atom. The van der Waals surface area contributed by atoms with Crippen molar-refractivity contribution in [3.63, 3.8) is 0 Å². The lowest BCUT2D eigenvalue weighted by atomic mass is 9.84. The molecular formula is C9H13N3O2. The normalized spacial score (nSPS) is 18.7. The molecule has 0 bridgehead atoms. The van der Waals surface area contributed by atoms with Crippen molar-refractivity contribution in [2.45, 2.75) is 31.6 Å². The molecule has 2 rings (SSSR count). The summed E-state index contributed by atoms with van der Waals surface area (Å²) >= 11 is 0. The monoisotopic (exact) mass is 195 g/mol. The van der Waals surface area contributed by atoms with Gasteiger partial charge in [0.15, 0.2) is 5.82 Å². The highest BCUT2D eigenvalue weighted by Gasteiger charge is 2.26. The molecule has 4 N–H and O–H groups in total. The largest absolute Gasteiger partial charge is 0.381 e. The first-order chi connectivity index (χ1) is 6.68. The van der Waals surface area contributed by atoms with Crippen LogP contribution in [0, 0.1) is 0 Å². The van der Waals surface area contributed by atoms with Crippen molar-refractivity contribution in [1.29, 1.82) is 0 Å². The van der Waals surface area contributed by atoms with Crippen LogP contribution in [0.25, 0.3) is 0 Å². The van der Waals surface area contributed by atoms with Crippen LogP contribution in [0.3, 0.4) is 0 Å². The number of ketones is 1. The fourth-order valence-corrected chi connectivity index (χ4v) is 1.96. The highest BCUT2D eigenvalue weighted by atomic mass is 16.5. The van der Waals surface area contributed by atoms with Crippen molar-refractivity contribution in [1.82, 2.24) is 5.16 Å². The fourth-order valence-electron chi connectivity index (χ4n) is 1.96. The highest BCUT2D eigenvalue weighted by Crippen LogP contribution is 2.37. The summed E-state index contributed by atoms with van der Waals surface area (Å²) in [6.07, 6.45) is 2.81. The van der Waals surface area contributed by atoms with Crippen LogP contribution in [0.2, 0.25) is 0 Å². The number of anilines is 2. The number of rotatable bonds is 1. The van der Waals surface area contributed by atoms with Gasteiger partial charge in [0.25, 0.3) is 0 Å². The molecule has 1 aromatic rings. The van der Waals surface area contributed by atoms with Gasteiger partial charge in [0, 0.05) is 12.8 Å². The number of hydrogen-bond donors (Lipinski definition) is 2. The van der Waals surface area contributed by atoms with E-state index in [4.69, 9.17) is 16.0 Å². The van der Waals surface area contributed by atoms with E-state index in [0.717, 1.165) is 18.4 Å². The maximum atomic E-state index is 11.0. The molecule has 0 amide bonds. The van der Waals surface area contributed by atoms with Gasteiger partial charge in [-0.3, -0.25) is 4.79 Å². The summed E-state index contributed by atoms with van der Waals surface area (Å²) in [7, 11) is 0. The Bertz CT molecular complexity index is 329. The van der Waals surface area contributed by atoms with Gasteiger partial charge in [0.2, 0.25) is 5.88 Å². The standard InChI is InChI=1S/C9H13N3O2/c10-8-7(9(11)14-12-8)5-1-3-6(13)4-2-5/h5H,1-4,11H2,(H2,10,12). The van der Waals surface area contributed by atoms with Crippen molar-refractivity contribution >= 4 is 17.5 Å². The zero-order valence-electron chi connectivity index (χ0n) is 7.82. The SMILES string of the molecule is Nc1noc(N)c1C1CCC(=O)CC1. The molecule has 1 heterocycles. The van der Waals surface area contributed by atoms with Crippen LogP contribution in [0.4, 0.5) is 11.7 Å². The molecule has 1 fully saturated rings. The third-order valence-corrected chi connectivity index (χ3v) is 2.74. The Morgan fingerprint density at radius 1 is 1.29 bits per heavy atom. The minimum absolute atomic E-state index is 0.235. The van der Waals surface area contributed by atoms with Gasteiger partial charge in [-0.25, -0.2) is 0 Å². The molecule has 1 aliphatic rings. The molecular weight excluding hydrogens is 182 g/mol. The Morgan fingerprint density at radius 3 is 2.43 bits per heavy atom. The molecule has 5 nitrogen and oxygen atoms in total. The Labute approximate surface area is 81.4 Å². The maximum absolute atomic E-state index is 11.0. The van der Waals surface area contributed by atoms with E-state index in [2.05, 4.69) is 5.16 Å². The average molecular weight is 195 g/mol. The van der Waals surface area contributed by atoms with Gasteiger partial charge in [-0.1, -0.05) is 5.16 Å². The summed E-state index contributed by atoms with van der Waals surface area (Å²) in [6.45, 7) is 0. The predicted molar refractivity (Wildman–Crippen MR) is 51.5 cm³/mol. The van der Waals surface area contributed by atoms with Crippen molar-refractivity contribution in [3.05, 3.63) is 5.56 Å². The van der Waals surface area contributed by atoms with Crippen LogP contribution in [0.5, 0.6) is 0 Å². The van der Waals surface area contributed by atoms with E-state index >= 15 is 0 Å². The van der Waals surface area contributed by atoms with Crippen molar-refractivity contribution < 1.29 is 9.32 Å². The Balaban J connectivity index is 2.19. The van der Waals surface area contributed by atoms with Gasteiger partial charge in [-0.2, -0.15) is 0 Å². The minimum Gasteiger partial charge on any atom is -0.381 e. The quantitative estimate of drug-likeness (QED) is 0.698. The molecule has 0 aliphatic heterocycles. The van der Waals surface area contributed by atoms with E-state index in [0.29, 0.717) is 30.3 Å². The van der Waals surface area contributed by atoms with Gasteiger partial charge in [0.05, 0.1) is 5.56 Å². The second-order valence-corrected chi connectivity index (χ2v) is 3.66. The first-order valence-corrected chi connectivity index (χ1v) is 4.70. The molecule has 0 atom stereocenters. The minimum atomic E-state index is 0.235. The van der Waals surface area contributed by atoms with Crippen molar-refractivity contribution in [3.8, 4) is 0 Å². The lowest BCUT2D eigenvalue weighted by molar-refractivity contribution is -0.120. The summed E-state index contributed by atoms with van der Waals surface area (Å²) in [5.41, 5.74) is 12.0. The number of hydrogen-bond acceptors (Lipinski definition) is 5. The lowest BCUT2D eigenvalue weighted by Gasteiger charge is -2.19. The Hall–Kier alpha value is -1.52. The van der Waals surface area contributed by atoms with Crippen molar-refractivity contribution in [2.24, 2.45) is 0 Å². The van der Waals surface area contributed by atoms with E-state index < -0.39 is 0 Å². The van der Waals surface area contributed by atoms with Crippen LogP contribution in [0.1, 0.15) is 37.2 Å². The summed E-state index contributed by atoms with van der Waals surface area (Å²) in [5, 5.41) is 3.60. The van der Waals surface area contributed by atoms with Crippen LogP contribution in [-0.4, -0.2) is 10.9 Å². The number of carbonyl (C=O) groups is 1. The number of carbonyl (C=O) groups excluding carboxylic acids is 1. The van der Waals surface area contributed by atoms with Gasteiger partial charge in [-0.05, 0) is 18.8 Å². The smallest absolute Gasteiger partial charge is 0.227 e. The number of nitrogen functional groups attached to an aromatic ring is 2. The summed E-state index contributed by atoms with van der Waals surface area (Å²) < 4.78 is 4.79. The summed E-state index contributed by atoms with van der Waals surface area (Å²) in [6, 6.07) is 0. The molecule has 0 aromatic carbocycles. The average Bonchev–Trinajstić information content (AvgIpc) is 2.49. The topological polar surface area (TPSA) is 95.1 Å². The van der Waals surface area contributed by atoms with Crippen LogP contribution < -0.4 is 11.5 Å². The molecule has 0 saturated heterocycles. The number of aromatic nitrogens is 1. The lowest BCUT2D eigenvalue weighted by Crippen LogP contribution is -2.14. The molecule has 14 heavy (non-hydrogen) atoms. The zero-order chi connectivity index (χ0) is 10.1. The van der Waals surface area contributed by atoms with E-state index in [1.54, 1.807) is 0 Å². The van der Waals surface area contributed by atoms with Crippen molar-refractivity contribution in [2.75, 3.05) is 11.5 Å². The Kier molecular flexibility index (Phi) is 2.15. The molecule has 0 spiro atoms. The first-order valence-electron chi connectivity index (χ1n) is 4.70. The zero-order valence-corrected chi connectivity index (χ0v) is 7.82. The second-order valence-electron chi connectivity index (χ2n) is 3.66. The predicted octanol–water partition coefficient (Wildman–Crippen LogP) is 1.07. The molecule has 1 saturated carbocycles. The molecule has 0 radical (unpaired) electrons. The molecule has 1 aliphatic carbocycles. The third-order valence-electron chi connectivity index (χ3n) is 2.74. The van der Waals surface area contributed by atoms with E-state index in [1.165, 1.54) is 0 Å². The first kappa shape index (κ1) is 9.05. The van der Waals surface area contributed by atoms with E-state index in [-0.39, 0.29) is 5.92 Å². The van der Waals surface area contributed by atoms with Gasteiger partial charge in [0.1, 0.15) is 5.78 Å². The fraction of sp³-hybridized carbons (Fsp3) is 0.556. The number of nitrogens with two attached hydrogens (primary N) is 2. The van der Waals surface area contributed by atoms with Crippen LogP contribution in [0.15, 0.2) is 4.52 Å². The molecule has 0 unspecified atom stereocenters. The molecule has 5 heteroatoms. The van der Waals surface area contributed by atoms with Gasteiger partial charge >= 0.3 is 0 Å². The molecule has 1 aromatic heterocycles. The summed E-state index contributed by atoms with van der Waals surface area (Å²) in [4.78, 5) is 11.0. The number of nitrogens with zero attached hydrogens (tertiary/aromatic N) is 1. The maximum Gasteiger partial charge on any atom is 0.227 e. The van der Waals surface area contributed by atoms with Gasteiger partial charge in [-0.15, -0.1) is 0 Å². The van der Waals surface area contributed by atoms with Gasteiger partial charge < -0.3 is 16.0 Å². The van der Waals surface area contributed by atoms with Crippen LogP contribution in [-0.2, 0) is 4.79 Å². The van der Waals surface area contributed by atoms with E-state index in [1.807, 2.05) is 0 Å². The third kappa shape index (κ3) is 1.45. The highest BCUT2D eigenvalue weighted by molar-refractivity contribution is 5.79. The molecule has 76 valence electrons. The van der Waals surface area contributed by atoms with E-state index in [9.17, 15) is 4.79 Å².